The number of nitrogens with one attached hydrogen (secondary N) is 2. The minimum Gasteiger partial charge on any atom is -0.370 e. The molecule has 0 bridgehead atoms. The van der Waals surface area contributed by atoms with E-state index in [0.717, 1.165) is 30.4 Å². The Morgan fingerprint density at radius 3 is 2.24 bits per heavy atom. The van der Waals surface area contributed by atoms with E-state index in [1.165, 1.54) is 12.8 Å². The molecule has 1 heterocycles. The Bertz CT molecular complexity index is 484. The van der Waals surface area contributed by atoms with Crippen LogP contribution in [0.1, 0.15) is 72.5 Å². The van der Waals surface area contributed by atoms with Crippen molar-refractivity contribution in [2.75, 3.05) is 17.2 Å². The Balaban J connectivity index is 2.18. The van der Waals surface area contributed by atoms with E-state index in [1.54, 1.807) is 0 Å². The summed E-state index contributed by atoms with van der Waals surface area (Å²) in [6.45, 7) is 14.3. The van der Waals surface area contributed by atoms with Gasteiger partial charge < -0.3 is 10.6 Å². The number of aromatic nitrogens is 2. The number of rotatable bonds is 6. The van der Waals surface area contributed by atoms with Crippen LogP contribution in [0.4, 0.5) is 11.6 Å². The Kier molecular flexibility index (Phi) is 4.45. The molecule has 0 aliphatic heterocycles. The molecule has 2 N–H and O–H groups in total. The summed E-state index contributed by atoms with van der Waals surface area (Å²) in [5.41, 5.74) is 0.296. The smallest absolute Gasteiger partial charge is 0.136 e. The molecular weight excluding hydrogens is 260 g/mol. The Hall–Kier alpha value is -1.32. The van der Waals surface area contributed by atoms with Gasteiger partial charge in [-0.3, -0.25) is 0 Å². The zero-order valence-electron chi connectivity index (χ0n) is 14.4. The summed E-state index contributed by atoms with van der Waals surface area (Å²) in [7, 11) is 0. The third kappa shape index (κ3) is 5.18. The molecule has 21 heavy (non-hydrogen) atoms. The molecule has 2 rings (SSSR count). The molecule has 1 aliphatic carbocycles. The lowest BCUT2D eigenvalue weighted by Gasteiger charge is -2.34. The third-order valence-electron chi connectivity index (χ3n) is 3.48. The van der Waals surface area contributed by atoms with Gasteiger partial charge in [-0.1, -0.05) is 20.8 Å². The maximum atomic E-state index is 4.73. The van der Waals surface area contributed by atoms with Crippen LogP contribution < -0.4 is 10.6 Å². The lowest BCUT2D eigenvalue weighted by Crippen LogP contribution is -2.35. The van der Waals surface area contributed by atoms with Crippen molar-refractivity contribution in [2.24, 2.45) is 5.41 Å². The predicted molar refractivity (Wildman–Crippen MR) is 89.9 cm³/mol. The Morgan fingerprint density at radius 1 is 1.10 bits per heavy atom. The molecule has 0 amide bonds. The van der Waals surface area contributed by atoms with Crippen molar-refractivity contribution >= 4 is 11.6 Å². The SMILES string of the molecule is CCNc1cc(NC(C)(C)CC(C)(C)C)nc(C2CC2)n1. The summed E-state index contributed by atoms with van der Waals surface area (Å²) in [5.74, 6) is 3.43. The van der Waals surface area contributed by atoms with Crippen LogP contribution in [0, 0.1) is 5.41 Å². The van der Waals surface area contributed by atoms with Crippen molar-refractivity contribution < 1.29 is 0 Å². The monoisotopic (exact) mass is 290 g/mol. The van der Waals surface area contributed by atoms with E-state index in [4.69, 9.17) is 4.98 Å². The molecule has 0 saturated heterocycles. The van der Waals surface area contributed by atoms with Crippen LogP contribution in [-0.2, 0) is 0 Å². The molecule has 0 radical (unpaired) electrons. The first kappa shape index (κ1) is 16.1. The van der Waals surface area contributed by atoms with Gasteiger partial charge in [0.2, 0.25) is 0 Å². The zero-order chi connectivity index (χ0) is 15.7. The zero-order valence-corrected chi connectivity index (χ0v) is 14.4. The van der Waals surface area contributed by atoms with Crippen molar-refractivity contribution in [3.05, 3.63) is 11.9 Å². The fourth-order valence-corrected chi connectivity index (χ4v) is 3.04. The van der Waals surface area contributed by atoms with Gasteiger partial charge in [-0.15, -0.1) is 0 Å². The fourth-order valence-electron chi connectivity index (χ4n) is 3.04. The second kappa shape index (κ2) is 5.82. The predicted octanol–water partition coefficient (Wildman–Crippen LogP) is 4.41. The Morgan fingerprint density at radius 2 is 1.71 bits per heavy atom. The molecule has 0 spiro atoms. The quantitative estimate of drug-likeness (QED) is 0.814. The normalized spacial score (nSPS) is 15.9. The fraction of sp³-hybridized carbons (Fsp3) is 0.765. The molecule has 1 saturated carbocycles. The highest BCUT2D eigenvalue weighted by molar-refractivity contribution is 5.49. The summed E-state index contributed by atoms with van der Waals surface area (Å²) in [6, 6.07) is 2.03. The van der Waals surface area contributed by atoms with E-state index in [2.05, 4.69) is 57.2 Å². The molecule has 1 aliphatic rings. The van der Waals surface area contributed by atoms with Crippen molar-refractivity contribution in [3.63, 3.8) is 0 Å². The van der Waals surface area contributed by atoms with Gasteiger partial charge in [0.25, 0.3) is 0 Å². The number of nitrogens with zero attached hydrogens (tertiary/aromatic N) is 2. The summed E-state index contributed by atoms with van der Waals surface area (Å²) < 4.78 is 0. The number of hydrogen-bond donors (Lipinski definition) is 2. The molecule has 1 fully saturated rings. The Labute approximate surface area is 129 Å². The molecule has 4 heteroatoms. The van der Waals surface area contributed by atoms with Crippen LogP contribution in [0.25, 0.3) is 0 Å². The van der Waals surface area contributed by atoms with Crippen LogP contribution >= 0.6 is 0 Å². The first-order valence-corrected chi connectivity index (χ1v) is 8.09. The lowest BCUT2D eigenvalue weighted by molar-refractivity contribution is 0.302. The van der Waals surface area contributed by atoms with E-state index in [-0.39, 0.29) is 11.0 Å². The van der Waals surface area contributed by atoms with E-state index >= 15 is 0 Å². The standard InChI is InChI=1S/C17H30N4/c1-7-18-13-10-14(20-15(19-13)12-8-9-12)21-17(5,6)11-16(2,3)4/h10,12H,7-9,11H2,1-6H3,(H2,18,19,20,21). The molecule has 118 valence electrons. The van der Waals surface area contributed by atoms with Crippen molar-refractivity contribution in [3.8, 4) is 0 Å². The number of anilines is 2. The largest absolute Gasteiger partial charge is 0.370 e. The maximum Gasteiger partial charge on any atom is 0.136 e. The molecule has 4 nitrogen and oxygen atoms in total. The minimum absolute atomic E-state index is 0.0108. The van der Waals surface area contributed by atoms with E-state index in [9.17, 15) is 0 Å². The first-order valence-electron chi connectivity index (χ1n) is 8.09. The topological polar surface area (TPSA) is 49.8 Å². The molecule has 1 aromatic rings. The van der Waals surface area contributed by atoms with Gasteiger partial charge in [0.15, 0.2) is 0 Å². The van der Waals surface area contributed by atoms with Crippen LogP contribution in [0.3, 0.4) is 0 Å². The van der Waals surface area contributed by atoms with Gasteiger partial charge in [-0.25, -0.2) is 9.97 Å². The van der Waals surface area contributed by atoms with Gasteiger partial charge in [0, 0.05) is 24.1 Å². The third-order valence-corrected chi connectivity index (χ3v) is 3.48. The van der Waals surface area contributed by atoms with Gasteiger partial charge in [0.1, 0.15) is 17.5 Å². The summed E-state index contributed by atoms with van der Waals surface area (Å²) in [5, 5.41) is 6.92. The molecular formula is C17H30N4. The highest BCUT2D eigenvalue weighted by atomic mass is 15.1. The van der Waals surface area contributed by atoms with Crippen LogP contribution in [0.2, 0.25) is 0 Å². The average molecular weight is 290 g/mol. The van der Waals surface area contributed by atoms with E-state index < -0.39 is 0 Å². The summed E-state index contributed by atoms with van der Waals surface area (Å²) >= 11 is 0. The summed E-state index contributed by atoms with van der Waals surface area (Å²) in [4.78, 5) is 9.36. The van der Waals surface area contributed by atoms with Crippen molar-refractivity contribution in [1.82, 2.24) is 9.97 Å². The van der Waals surface area contributed by atoms with Crippen LogP contribution in [0.15, 0.2) is 6.07 Å². The highest BCUT2D eigenvalue weighted by Gasteiger charge is 2.29. The van der Waals surface area contributed by atoms with E-state index in [1.807, 2.05) is 6.07 Å². The second-order valence-corrected chi connectivity index (χ2v) is 8.05. The molecule has 0 aromatic carbocycles. The van der Waals surface area contributed by atoms with Gasteiger partial charge in [-0.05, 0) is 45.4 Å². The first-order chi connectivity index (χ1) is 9.68. The van der Waals surface area contributed by atoms with Crippen molar-refractivity contribution in [1.29, 1.82) is 0 Å². The van der Waals surface area contributed by atoms with Gasteiger partial charge in [0.05, 0.1) is 0 Å². The van der Waals surface area contributed by atoms with Gasteiger partial charge in [-0.2, -0.15) is 0 Å². The van der Waals surface area contributed by atoms with Crippen molar-refractivity contribution in [2.45, 2.75) is 72.3 Å². The minimum atomic E-state index is 0.0108. The summed E-state index contributed by atoms with van der Waals surface area (Å²) in [6.07, 6.45) is 3.53. The lowest BCUT2D eigenvalue weighted by atomic mass is 9.82. The van der Waals surface area contributed by atoms with Gasteiger partial charge >= 0.3 is 0 Å². The van der Waals surface area contributed by atoms with Crippen LogP contribution in [-0.4, -0.2) is 22.1 Å². The van der Waals surface area contributed by atoms with Crippen LogP contribution in [0.5, 0.6) is 0 Å². The maximum absolute atomic E-state index is 4.73. The van der Waals surface area contributed by atoms with E-state index in [0.29, 0.717) is 5.92 Å². The number of hydrogen-bond acceptors (Lipinski definition) is 4. The molecule has 1 aromatic heterocycles. The highest BCUT2D eigenvalue weighted by Crippen LogP contribution is 2.39. The second-order valence-electron chi connectivity index (χ2n) is 8.05. The average Bonchev–Trinajstić information content (AvgIpc) is 3.07. The molecule has 0 atom stereocenters. The molecule has 0 unspecified atom stereocenters.